The van der Waals surface area contributed by atoms with E-state index in [1.807, 2.05) is 0 Å². The van der Waals surface area contributed by atoms with Crippen LogP contribution in [-0.2, 0) is 9.59 Å². The van der Waals surface area contributed by atoms with Gasteiger partial charge < -0.3 is 0 Å². The SMILES string of the molecule is O=C1NC(=O)N(c2cccc(Br)c2)C(=O)/C1=C/c1ccc(Cl)cc1. The van der Waals surface area contributed by atoms with Crippen molar-refractivity contribution in [2.75, 3.05) is 4.90 Å². The third-order valence-corrected chi connectivity index (χ3v) is 4.09. The highest BCUT2D eigenvalue weighted by Crippen LogP contribution is 2.24. The summed E-state index contributed by atoms with van der Waals surface area (Å²) in [4.78, 5) is 37.7. The molecule has 7 heteroatoms. The first-order valence-corrected chi connectivity index (χ1v) is 8.05. The monoisotopic (exact) mass is 404 g/mol. The molecule has 0 bridgehead atoms. The lowest BCUT2D eigenvalue weighted by Crippen LogP contribution is -2.54. The Bertz CT molecular complexity index is 878. The fraction of sp³-hybridized carbons (Fsp3) is 0. The molecule has 1 saturated heterocycles. The normalized spacial score (nSPS) is 16.5. The Kier molecular flexibility index (Phi) is 4.51. The van der Waals surface area contributed by atoms with Gasteiger partial charge in [-0.15, -0.1) is 0 Å². The maximum absolute atomic E-state index is 12.7. The van der Waals surface area contributed by atoms with Crippen LogP contribution in [0.3, 0.4) is 0 Å². The molecule has 1 aliphatic heterocycles. The minimum atomic E-state index is -0.781. The molecule has 0 aliphatic carbocycles. The molecule has 0 saturated carbocycles. The van der Waals surface area contributed by atoms with Crippen LogP contribution in [0.1, 0.15) is 5.56 Å². The summed E-state index contributed by atoms with van der Waals surface area (Å²) in [7, 11) is 0. The number of barbiturate groups is 1. The first kappa shape index (κ1) is 16.4. The van der Waals surface area contributed by atoms with Crippen LogP contribution in [0.2, 0.25) is 5.02 Å². The van der Waals surface area contributed by atoms with Gasteiger partial charge in [0, 0.05) is 9.50 Å². The second kappa shape index (κ2) is 6.59. The number of halogens is 2. The van der Waals surface area contributed by atoms with Crippen LogP contribution in [0.4, 0.5) is 10.5 Å². The maximum atomic E-state index is 12.7. The molecule has 24 heavy (non-hydrogen) atoms. The topological polar surface area (TPSA) is 66.5 Å². The lowest BCUT2D eigenvalue weighted by atomic mass is 10.1. The van der Waals surface area contributed by atoms with E-state index in [0.29, 0.717) is 20.7 Å². The van der Waals surface area contributed by atoms with E-state index in [4.69, 9.17) is 11.6 Å². The number of imide groups is 2. The molecule has 0 atom stereocenters. The van der Waals surface area contributed by atoms with E-state index < -0.39 is 17.8 Å². The van der Waals surface area contributed by atoms with Crippen LogP contribution in [0, 0.1) is 0 Å². The van der Waals surface area contributed by atoms with Gasteiger partial charge in [-0.1, -0.05) is 45.7 Å². The van der Waals surface area contributed by atoms with Crippen molar-refractivity contribution in [3.63, 3.8) is 0 Å². The van der Waals surface area contributed by atoms with E-state index in [-0.39, 0.29) is 5.57 Å². The Balaban J connectivity index is 2.01. The van der Waals surface area contributed by atoms with E-state index in [1.165, 1.54) is 6.08 Å². The molecule has 3 rings (SSSR count). The second-order valence-corrected chi connectivity index (χ2v) is 6.34. The number of urea groups is 1. The molecule has 4 amide bonds. The fourth-order valence-electron chi connectivity index (χ4n) is 2.23. The predicted molar refractivity (Wildman–Crippen MR) is 94.6 cm³/mol. The molecule has 1 N–H and O–H groups in total. The molecule has 0 spiro atoms. The molecule has 1 fully saturated rings. The highest BCUT2D eigenvalue weighted by Gasteiger charge is 2.36. The minimum Gasteiger partial charge on any atom is -0.273 e. The van der Waals surface area contributed by atoms with Crippen LogP contribution in [0.5, 0.6) is 0 Å². The number of nitrogens with zero attached hydrogens (tertiary/aromatic N) is 1. The van der Waals surface area contributed by atoms with Gasteiger partial charge in [0.1, 0.15) is 5.57 Å². The van der Waals surface area contributed by atoms with Gasteiger partial charge in [-0.25, -0.2) is 9.69 Å². The zero-order valence-electron chi connectivity index (χ0n) is 12.1. The molecule has 0 unspecified atom stereocenters. The van der Waals surface area contributed by atoms with Crippen molar-refractivity contribution in [3.05, 3.63) is 69.2 Å². The van der Waals surface area contributed by atoms with Crippen molar-refractivity contribution >= 4 is 57.1 Å². The van der Waals surface area contributed by atoms with Gasteiger partial charge in [0.2, 0.25) is 0 Å². The maximum Gasteiger partial charge on any atom is 0.335 e. The summed E-state index contributed by atoms with van der Waals surface area (Å²) < 4.78 is 0.709. The number of nitrogens with one attached hydrogen (secondary N) is 1. The summed E-state index contributed by atoms with van der Waals surface area (Å²) in [5.41, 5.74) is 0.861. The summed E-state index contributed by atoms with van der Waals surface area (Å²) in [5, 5.41) is 2.72. The van der Waals surface area contributed by atoms with Crippen molar-refractivity contribution in [2.45, 2.75) is 0 Å². The van der Waals surface area contributed by atoms with Gasteiger partial charge in [-0.2, -0.15) is 0 Å². The number of benzene rings is 2. The van der Waals surface area contributed by atoms with Crippen molar-refractivity contribution in [2.24, 2.45) is 0 Å². The number of hydrogen-bond acceptors (Lipinski definition) is 3. The number of amides is 4. The van der Waals surface area contributed by atoms with Crippen molar-refractivity contribution in [1.82, 2.24) is 5.32 Å². The summed E-state index contributed by atoms with van der Waals surface area (Å²) in [6, 6.07) is 12.6. The first-order valence-electron chi connectivity index (χ1n) is 6.88. The number of hydrogen-bond donors (Lipinski definition) is 1. The Hall–Kier alpha value is -2.44. The Morgan fingerprint density at radius 1 is 1.04 bits per heavy atom. The summed E-state index contributed by atoms with van der Waals surface area (Å²) in [5.74, 6) is -1.41. The Labute approximate surface area is 151 Å². The van der Waals surface area contributed by atoms with Crippen LogP contribution in [-0.4, -0.2) is 17.8 Å². The standard InChI is InChI=1S/C17H10BrClN2O3/c18-11-2-1-3-13(9-11)21-16(23)14(15(22)20-17(21)24)8-10-4-6-12(19)7-5-10/h1-9H,(H,20,22,24)/b14-8+. The average molecular weight is 406 g/mol. The summed E-state index contributed by atoms with van der Waals surface area (Å²) in [6.45, 7) is 0. The molecular weight excluding hydrogens is 396 g/mol. The van der Waals surface area contributed by atoms with Crippen LogP contribution < -0.4 is 10.2 Å². The van der Waals surface area contributed by atoms with Gasteiger partial charge in [-0.05, 0) is 42.0 Å². The van der Waals surface area contributed by atoms with Crippen LogP contribution in [0.25, 0.3) is 6.08 Å². The lowest BCUT2D eigenvalue weighted by molar-refractivity contribution is -0.122. The van der Waals surface area contributed by atoms with E-state index in [9.17, 15) is 14.4 Å². The Morgan fingerprint density at radius 3 is 2.42 bits per heavy atom. The quantitative estimate of drug-likeness (QED) is 0.611. The number of rotatable bonds is 2. The minimum absolute atomic E-state index is 0.128. The largest absolute Gasteiger partial charge is 0.335 e. The van der Waals surface area contributed by atoms with Crippen LogP contribution >= 0.6 is 27.5 Å². The summed E-state index contributed by atoms with van der Waals surface area (Å²) >= 11 is 9.12. The molecule has 2 aromatic carbocycles. The number of carbonyl (C=O) groups excluding carboxylic acids is 3. The molecule has 2 aromatic rings. The molecule has 0 aromatic heterocycles. The highest BCUT2D eigenvalue weighted by molar-refractivity contribution is 9.10. The molecular formula is C17H10BrClN2O3. The van der Waals surface area contributed by atoms with Crippen molar-refractivity contribution in [3.8, 4) is 0 Å². The Morgan fingerprint density at radius 2 is 1.75 bits per heavy atom. The van der Waals surface area contributed by atoms with E-state index in [0.717, 1.165) is 4.90 Å². The third kappa shape index (κ3) is 3.25. The summed E-state index contributed by atoms with van der Waals surface area (Å²) in [6.07, 6.45) is 1.42. The van der Waals surface area contributed by atoms with Crippen molar-refractivity contribution < 1.29 is 14.4 Å². The zero-order chi connectivity index (χ0) is 17.3. The van der Waals surface area contributed by atoms with E-state index >= 15 is 0 Å². The van der Waals surface area contributed by atoms with Crippen molar-refractivity contribution in [1.29, 1.82) is 0 Å². The average Bonchev–Trinajstić information content (AvgIpc) is 2.53. The number of carbonyl (C=O) groups is 3. The highest BCUT2D eigenvalue weighted by atomic mass is 79.9. The van der Waals surface area contributed by atoms with E-state index in [2.05, 4.69) is 21.2 Å². The molecule has 120 valence electrons. The van der Waals surface area contributed by atoms with Gasteiger partial charge in [0.05, 0.1) is 5.69 Å². The zero-order valence-corrected chi connectivity index (χ0v) is 14.5. The molecule has 1 aliphatic rings. The predicted octanol–water partition coefficient (Wildman–Crippen LogP) is 3.77. The molecule has 5 nitrogen and oxygen atoms in total. The second-order valence-electron chi connectivity index (χ2n) is 4.99. The third-order valence-electron chi connectivity index (χ3n) is 3.35. The fourth-order valence-corrected chi connectivity index (χ4v) is 2.75. The van der Waals surface area contributed by atoms with Gasteiger partial charge >= 0.3 is 6.03 Å². The van der Waals surface area contributed by atoms with E-state index in [1.54, 1.807) is 48.5 Å². The van der Waals surface area contributed by atoms with Gasteiger partial charge in [-0.3, -0.25) is 14.9 Å². The molecule has 0 radical (unpaired) electrons. The number of anilines is 1. The molecule has 1 heterocycles. The van der Waals surface area contributed by atoms with Gasteiger partial charge in [0.15, 0.2) is 0 Å². The smallest absolute Gasteiger partial charge is 0.273 e. The van der Waals surface area contributed by atoms with Gasteiger partial charge in [0.25, 0.3) is 11.8 Å². The van der Waals surface area contributed by atoms with Crippen LogP contribution in [0.15, 0.2) is 58.6 Å². The first-order chi connectivity index (χ1) is 11.5. The lowest BCUT2D eigenvalue weighted by Gasteiger charge is -2.26.